The lowest BCUT2D eigenvalue weighted by molar-refractivity contribution is 0.316. The van der Waals surface area contributed by atoms with Crippen LogP contribution in [0.4, 0.5) is 0 Å². The lowest BCUT2D eigenvalue weighted by Crippen LogP contribution is -2.33. The molecule has 1 aliphatic rings. The van der Waals surface area contributed by atoms with Gasteiger partial charge in [-0.1, -0.05) is 42.5 Å². The van der Waals surface area contributed by atoms with Crippen LogP contribution in [-0.2, 0) is 10.0 Å². The van der Waals surface area contributed by atoms with Gasteiger partial charge in [-0.2, -0.15) is 4.72 Å². The van der Waals surface area contributed by atoms with Crippen LogP contribution in [0.3, 0.4) is 0 Å². The Morgan fingerprint density at radius 3 is 2.57 bits per heavy atom. The van der Waals surface area contributed by atoms with Crippen molar-refractivity contribution < 1.29 is 13.2 Å². The highest BCUT2D eigenvalue weighted by atomic mass is 32.2. The maximum atomic E-state index is 12.7. The molecule has 0 bridgehead atoms. The molecule has 1 heterocycles. The van der Waals surface area contributed by atoms with Crippen molar-refractivity contribution in [3.8, 4) is 5.75 Å². The predicted octanol–water partition coefficient (Wildman–Crippen LogP) is 3.12. The second-order valence-corrected chi connectivity index (χ2v) is 7.11. The number of benzene rings is 2. The molecule has 0 saturated heterocycles. The van der Waals surface area contributed by atoms with E-state index in [1.54, 1.807) is 24.3 Å². The van der Waals surface area contributed by atoms with E-state index in [2.05, 4.69) is 17.0 Å². The first kappa shape index (κ1) is 15.6. The zero-order valence-electron chi connectivity index (χ0n) is 12.7. The minimum Gasteiger partial charge on any atom is -0.488 e. The van der Waals surface area contributed by atoms with Gasteiger partial charge in [-0.25, -0.2) is 8.42 Å². The summed E-state index contributed by atoms with van der Waals surface area (Å²) in [5.41, 5.74) is 5.23. The van der Waals surface area contributed by atoms with E-state index in [4.69, 9.17) is 4.74 Å². The Morgan fingerprint density at radius 2 is 1.87 bits per heavy atom. The Labute approximate surface area is 136 Å². The van der Waals surface area contributed by atoms with E-state index in [1.165, 1.54) is 0 Å². The van der Waals surface area contributed by atoms with Gasteiger partial charge in [0.1, 0.15) is 12.4 Å². The predicted molar refractivity (Wildman–Crippen MR) is 88.8 cm³/mol. The molecule has 0 spiro atoms. The monoisotopic (exact) mass is 327 g/mol. The maximum absolute atomic E-state index is 12.7. The highest BCUT2D eigenvalue weighted by Gasteiger charge is 2.30. The van der Waals surface area contributed by atoms with Crippen molar-refractivity contribution in [2.45, 2.75) is 17.9 Å². The van der Waals surface area contributed by atoms with Gasteiger partial charge in [-0.05, 0) is 25.1 Å². The number of fused-ring (bicyclic) bond motifs is 1. The standard InChI is InChI=1S/C18H17NO3S/c1-3-14-12-22-17-7-5-4-6-16(17)18(14)19-23(20,21)15-10-8-13(2)9-11-15/h4-11,18-19H,1,12H2,2H3. The summed E-state index contributed by atoms with van der Waals surface area (Å²) in [6.45, 7) is 5.82. The van der Waals surface area contributed by atoms with Crippen molar-refractivity contribution in [2.75, 3.05) is 6.61 Å². The third kappa shape index (κ3) is 3.08. The van der Waals surface area contributed by atoms with Gasteiger partial charge in [0.25, 0.3) is 0 Å². The summed E-state index contributed by atoms with van der Waals surface area (Å²) in [5, 5.41) is 0. The van der Waals surface area contributed by atoms with Crippen molar-refractivity contribution in [3.63, 3.8) is 0 Å². The molecule has 0 saturated carbocycles. The maximum Gasteiger partial charge on any atom is 0.241 e. The molecule has 1 aliphatic heterocycles. The minimum atomic E-state index is -3.66. The van der Waals surface area contributed by atoms with Gasteiger partial charge in [0.15, 0.2) is 0 Å². The molecule has 4 nitrogen and oxygen atoms in total. The first-order chi connectivity index (χ1) is 11.0. The molecule has 2 aromatic rings. The molecule has 5 heteroatoms. The first-order valence-electron chi connectivity index (χ1n) is 7.21. The fraction of sp³-hybridized carbons (Fsp3) is 0.167. The number of sulfonamides is 1. The fourth-order valence-electron chi connectivity index (χ4n) is 2.51. The zero-order valence-corrected chi connectivity index (χ0v) is 13.6. The van der Waals surface area contributed by atoms with Crippen molar-refractivity contribution >= 4 is 10.0 Å². The average Bonchev–Trinajstić information content (AvgIpc) is 2.55. The number of rotatable bonds is 3. The van der Waals surface area contributed by atoms with Gasteiger partial charge in [-0.15, -0.1) is 5.73 Å². The van der Waals surface area contributed by atoms with E-state index >= 15 is 0 Å². The number of para-hydroxylation sites is 1. The quantitative estimate of drug-likeness (QED) is 0.881. The second-order valence-electron chi connectivity index (χ2n) is 5.40. The van der Waals surface area contributed by atoms with Crippen LogP contribution in [0.25, 0.3) is 0 Å². The van der Waals surface area contributed by atoms with Crippen molar-refractivity contribution in [1.82, 2.24) is 4.72 Å². The van der Waals surface area contributed by atoms with Crippen molar-refractivity contribution in [3.05, 3.63) is 77.5 Å². The molecule has 0 aliphatic carbocycles. The number of nitrogens with one attached hydrogen (secondary N) is 1. The van der Waals surface area contributed by atoms with E-state index in [9.17, 15) is 8.42 Å². The third-order valence-electron chi connectivity index (χ3n) is 3.79. The van der Waals surface area contributed by atoms with Crippen LogP contribution in [0, 0.1) is 6.92 Å². The summed E-state index contributed by atoms with van der Waals surface area (Å²) < 4.78 is 33.7. The van der Waals surface area contributed by atoms with Gasteiger partial charge in [0, 0.05) is 11.1 Å². The zero-order chi connectivity index (χ0) is 16.4. The van der Waals surface area contributed by atoms with E-state index in [0.29, 0.717) is 11.3 Å². The van der Waals surface area contributed by atoms with E-state index < -0.39 is 16.1 Å². The van der Waals surface area contributed by atoms with Crippen LogP contribution in [0.1, 0.15) is 17.2 Å². The number of ether oxygens (including phenoxy) is 1. The Hall–Kier alpha value is -2.33. The van der Waals surface area contributed by atoms with Crippen LogP contribution in [0.15, 0.2) is 71.3 Å². The molecular weight excluding hydrogens is 310 g/mol. The van der Waals surface area contributed by atoms with Gasteiger partial charge in [-0.3, -0.25) is 0 Å². The summed E-state index contributed by atoms with van der Waals surface area (Å²) in [7, 11) is -3.66. The number of hydrogen-bond donors (Lipinski definition) is 1. The number of hydrogen-bond acceptors (Lipinski definition) is 3. The minimum absolute atomic E-state index is 0.232. The normalized spacial score (nSPS) is 17.1. The third-order valence-corrected chi connectivity index (χ3v) is 5.23. The Morgan fingerprint density at radius 1 is 1.17 bits per heavy atom. The first-order valence-corrected chi connectivity index (χ1v) is 8.69. The topological polar surface area (TPSA) is 55.4 Å². The van der Waals surface area contributed by atoms with Crippen LogP contribution in [0.5, 0.6) is 5.75 Å². The Bertz CT molecular complexity index is 879. The van der Waals surface area contributed by atoms with E-state index in [0.717, 1.165) is 11.1 Å². The molecular formula is C18H17NO3S. The van der Waals surface area contributed by atoms with Crippen molar-refractivity contribution in [1.29, 1.82) is 0 Å². The molecule has 0 fully saturated rings. The molecule has 2 aromatic carbocycles. The molecule has 0 aromatic heterocycles. The average molecular weight is 327 g/mol. The largest absolute Gasteiger partial charge is 0.488 e. The molecule has 1 N–H and O–H groups in total. The lowest BCUT2D eigenvalue weighted by Gasteiger charge is -2.28. The number of aryl methyl sites for hydroxylation is 1. The Balaban J connectivity index is 2.00. The second kappa shape index (κ2) is 6.05. The highest BCUT2D eigenvalue weighted by Crippen LogP contribution is 2.35. The summed E-state index contributed by atoms with van der Waals surface area (Å²) >= 11 is 0. The van der Waals surface area contributed by atoms with Crippen molar-refractivity contribution in [2.24, 2.45) is 0 Å². The summed E-state index contributed by atoms with van der Waals surface area (Å²) in [5.74, 6) is 0.670. The lowest BCUT2D eigenvalue weighted by atomic mass is 9.97. The van der Waals surface area contributed by atoms with Crippen LogP contribution < -0.4 is 9.46 Å². The summed E-state index contributed by atoms with van der Waals surface area (Å²) in [6, 6.07) is 13.6. The smallest absolute Gasteiger partial charge is 0.241 e. The molecule has 1 atom stereocenters. The highest BCUT2D eigenvalue weighted by molar-refractivity contribution is 7.89. The molecule has 3 rings (SSSR count). The SMILES string of the molecule is C=C=C1COc2ccccc2C1NS(=O)(=O)c1ccc(C)cc1. The molecule has 118 valence electrons. The van der Waals surface area contributed by atoms with E-state index in [-0.39, 0.29) is 11.5 Å². The van der Waals surface area contributed by atoms with Gasteiger partial charge >= 0.3 is 0 Å². The summed E-state index contributed by atoms with van der Waals surface area (Å²) in [4.78, 5) is 0.232. The van der Waals surface area contributed by atoms with E-state index in [1.807, 2.05) is 31.2 Å². The summed E-state index contributed by atoms with van der Waals surface area (Å²) in [6.07, 6.45) is 0. The van der Waals surface area contributed by atoms with Crippen LogP contribution >= 0.6 is 0 Å². The Kier molecular flexibility index (Phi) is 4.09. The molecule has 0 amide bonds. The fourth-order valence-corrected chi connectivity index (χ4v) is 3.72. The molecule has 0 radical (unpaired) electrons. The van der Waals surface area contributed by atoms with Crippen LogP contribution in [-0.4, -0.2) is 15.0 Å². The van der Waals surface area contributed by atoms with Gasteiger partial charge in [0.2, 0.25) is 10.0 Å². The van der Waals surface area contributed by atoms with Gasteiger partial charge in [0.05, 0.1) is 10.9 Å². The molecule has 1 unspecified atom stereocenters. The van der Waals surface area contributed by atoms with Gasteiger partial charge < -0.3 is 4.74 Å². The van der Waals surface area contributed by atoms with Crippen LogP contribution in [0.2, 0.25) is 0 Å². The molecule has 23 heavy (non-hydrogen) atoms.